The van der Waals surface area contributed by atoms with E-state index in [1.807, 2.05) is 7.05 Å². The predicted octanol–water partition coefficient (Wildman–Crippen LogP) is -0.732. The van der Waals surface area contributed by atoms with Crippen molar-refractivity contribution >= 4 is 21.8 Å². The van der Waals surface area contributed by atoms with E-state index in [4.69, 9.17) is 5.11 Å². The molecule has 1 aliphatic heterocycles. The smallest absolute Gasteiger partial charge is 0.326 e. The summed E-state index contributed by atoms with van der Waals surface area (Å²) in [7, 11) is -1.29. The van der Waals surface area contributed by atoms with Crippen LogP contribution in [0.2, 0.25) is 0 Å². The van der Waals surface area contributed by atoms with Crippen LogP contribution in [0.3, 0.4) is 0 Å². The third-order valence-electron chi connectivity index (χ3n) is 3.55. The van der Waals surface area contributed by atoms with E-state index >= 15 is 0 Å². The van der Waals surface area contributed by atoms with E-state index in [9.17, 15) is 18.0 Å². The topological polar surface area (TPSA) is 116 Å². The summed E-state index contributed by atoms with van der Waals surface area (Å²) in [4.78, 5) is 24.8. The molecule has 0 radical (unpaired) electrons. The largest absolute Gasteiger partial charge is 0.480 e. The summed E-state index contributed by atoms with van der Waals surface area (Å²) in [6.07, 6.45) is 2.95. The molecule has 0 bridgehead atoms. The number of amides is 2. The number of carboxylic acid groups (broad SMARTS) is 1. The number of likely N-dealkylation sites (tertiary alicyclic amines) is 1. The monoisotopic (exact) mass is 321 g/mol. The number of nitrogens with one attached hydrogen (secondary N) is 2. The first-order chi connectivity index (χ1) is 9.69. The fraction of sp³-hybridized carbons (Fsp3) is 0.833. The summed E-state index contributed by atoms with van der Waals surface area (Å²) < 4.78 is 22.1. The molecule has 0 aliphatic carbocycles. The van der Waals surface area contributed by atoms with Gasteiger partial charge >= 0.3 is 12.0 Å². The lowest BCUT2D eigenvalue weighted by Crippen LogP contribution is -2.49. The number of hydrogen-bond acceptors (Lipinski definition) is 5. The number of rotatable bonds is 7. The van der Waals surface area contributed by atoms with Crippen molar-refractivity contribution in [2.75, 3.05) is 32.1 Å². The number of likely N-dealkylation sites (N-methyl/N-ethyl adjacent to an activating group) is 1. The molecule has 3 N–H and O–H groups in total. The average Bonchev–Trinajstić information content (AvgIpc) is 2.76. The first-order valence-electron chi connectivity index (χ1n) is 6.84. The molecule has 2 unspecified atom stereocenters. The quantitative estimate of drug-likeness (QED) is 0.569. The zero-order valence-electron chi connectivity index (χ0n) is 12.3. The number of hydrogen-bond donors (Lipinski definition) is 3. The van der Waals surface area contributed by atoms with Crippen LogP contribution in [0.5, 0.6) is 0 Å². The van der Waals surface area contributed by atoms with Gasteiger partial charge in [-0.05, 0) is 32.9 Å². The average molecular weight is 321 g/mol. The van der Waals surface area contributed by atoms with Crippen molar-refractivity contribution in [3.63, 3.8) is 0 Å². The minimum Gasteiger partial charge on any atom is -0.480 e. The molecule has 0 spiro atoms. The van der Waals surface area contributed by atoms with Gasteiger partial charge in [-0.1, -0.05) is 0 Å². The fourth-order valence-corrected chi connectivity index (χ4v) is 2.91. The van der Waals surface area contributed by atoms with Gasteiger partial charge in [0.15, 0.2) is 0 Å². The van der Waals surface area contributed by atoms with Crippen LogP contribution in [0.25, 0.3) is 0 Å². The minimum atomic E-state index is -3.26. The lowest BCUT2D eigenvalue weighted by Gasteiger charge is -2.21. The Bertz CT molecular complexity index is 479. The molecule has 0 aromatic rings. The first-order valence-corrected chi connectivity index (χ1v) is 8.90. The van der Waals surface area contributed by atoms with Crippen LogP contribution in [0.1, 0.15) is 19.3 Å². The predicted molar refractivity (Wildman–Crippen MR) is 77.9 cm³/mol. The zero-order valence-corrected chi connectivity index (χ0v) is 13.1. The Morgan fingerprint density at radius 2 is 2.10 bits per heavy atom. The summed E-state index contributed by atoms with van der Waals surface area (Å²) in [5, 5.41) is 13.9. The van der Waals surface area contributed by atoms with E-state index < -0.39 is 27.9 Å². The van der Waals surface area contributed by atoms with Gasteiger partial charge in [-0.15, -0.1) is 0 Å². The number of aliphatic carboxylic acids is 1. The Kier molecular flexibility index (Phi) is 6.41. The van der Waals surface area contributed by atoms with Crippen molar-refractivity contribution in [2.45, 2.75) is 31.3 Å². The van der Waals surface area contributed by atoms with Gasteiger partial charge in [0, 0.05) is 18.8 Å². The molecule has 1 saturated heterocycles. The molecular formula is C12H23N3O5S. The minimum absolute atomic E-state index is 0.148. The Morgan fingerprint density at radius 3 is 2.57 bits per heavy atom. The Hall–Kier alpha value is -1.35. The highest BCUT2D eigenvalue weighted by atomic mass is 32.2. The summed E-state index contributed by atoms with van der Waals surface area (Å²) >= 11 is 0. The van der Waals surface area contributed by atoms with Gasteiger partial charge < -0.3 is 20.6 Å². The Morgan fingerprint density at radius 1 is 1.43 bits per heavy atom. The molecule has 2 atom stereocenters. The third kappa shape index (κ3) is 6.76. The molecule has 2 amide bonds. The van der Waals surface area contributed by atoms with Crippen molar-refractivity contribution < 1.29 is 23.1 Å². The molecule has 9 heteroatoms. The van der Waals surface area contributed by atoms with E-state index in [0.29, 0.717) is 6.54 Å². The molecule has 21 heavy (non-hydrogen) atoms. The second-order valence-electron chi connectivity index (χ2n) is 5.44. The van der Waals surface area contributed by atoms with Gasteiger partial charge in [0.1, 0.15) is 15.9 Å². The number of carbonyl (C=O) groups excluding carboxylic acids is 1. The molecular weight excluding hydrogens is 298 g/mol. The normalized spacial score (nSPS) is 21.0. The van der Waals surface area contributed by atoms with Gasteiger partial charge in [-0.3, -0.25) is 0 Å². The van der Waals surface area contributed by atoms with Gasteiger partial charge in [0.2, 0.25) is 0 Å². The molecule has 0 saturated carbocycles. The molecule has 122 valence electrons. The van der Waals surface area contributed by atoms with Gasteiger partial charge in [-0.25, -0.2) is 18.0 Å². The highest BCUT2D eigenvalue weighted by molar-refractivity contribution is 7.90. The standard InChI is InChI=1S/C12H23N3O5S/c1-15-6-3-4-9(15)8-13-12(18)14-10(11(16)17)5-7-21(2,19)20/h9-10H,3-8H2,1-2H3,(H,16,17)(H2,13,14,18). The third-order valence-corrected chi connectivity index (χ3v) is 4.53. The van der Waals surface area contributed by atoms with Crippen molar-refractivity contribution in [1.29, 1.82) is 0 Å². The maximum absolute atomic E-state index is 11.7. The van der Waals surface area contributed by atoms with E-state index in [-0.39, 0.29) is 18.2 Å². The van der Waals surface area contributed by atoms with Crippen molar-refractivity contribution in [1.82, 2.24) is 15.5 Å². The van der Waals surface area contributed by atoms with E-state index in [1.54, 1.807) is 0 Å². The summed E-state index contributed by atoms with van der Waals surface area (Å²) in [6, 6.07) is -1.53. The van der Waals surface area contributed by atoms with Crippen molar-refractivity contribution in [3.05, 3.63) is 0 Å². The van der Waals surface area contributed by atoms with Gasteiger partial charge in [-0.2, -0.15) is 0 Å². The molecule has 0 aromatic carbocycles. The maximum Gasteiger partial charge on any atom is 0.326 e. The van der Waals surface area contributed by atoms with Crippen LogP contribution in [-0.2, 0) is 14.6 Å². The second kappa shape index (κ2) is 7.60. The van der Waals surface area contributed by atoms with E-state index in [2.05, 4.69) is 15.5 Å². The highest BCUT2D eigenvalue weighted by Crippen LogP contribution is 2.13. The molecule has 1 heterocycles. The van der Waals surface area contributed by atoms with Crippen LogP contribution >= 0.6 is 0 Å². The van der Waals surface area contributed by atoms with Crippen LogP contribution in [0.15, 0.2) is 0 Å². The van der Waals surface area contributed by atoms with Crippen molar-refractivity contribution in [2.24, 2.45) is 0 Å². The zero-order chi connectivity index (χ0) is 16.0. The van der Waals surface area contributed by atoms with Crippen LogP contribution in [0.4, 0.5) is 4.79 Å². The number of nitrogens with zero attached hydrogens (tertiary/aromatic N) is 1. The molecule has 1 rings (SSSR count). The van der Waals surface area contributed by atoms with Crippen LogP contribution in [-0.4, -0.2) is 74.7 Å². The number of carbonyl (C=O) groups is 2. The summed E-state index contributed by atoms with van der Waals surface area (Å²) in [5.74, 6) is -1.53. The lowest BCUT2D eigenvalue weighted by molar-refractivity contribution is -0.139. The van der Waals surface area contributed by atoms with Crippen molar-refractivity contribution in [3.8, 4) is 0 Å². The molecule has 8 nitrogen and oxygen atoms in total. The fourth-order valence-electron chi connectivity index (χ4n) is 2.25. The van der Waals surface area contributed by atoms with E-state index in [1.165, 1.54) is 0 Å². The summed E-state index contributed by atoms with van der Waals surface area (Å²) in [5.41, 5.74) is 0. The Balaban J connectivity index is 2.39. The van der Waals surface area contributed by atoms with E-state index in [0.717, 1.165) is 25.6 Å². The Labute approximate surface area is 124 Å². The second-order valence-corrected chi connectivity index (χ2v) is 7.70. The number of carboxylic acids is 1. The van der Waals surface area contributed by atoms with Crippen LogP contribution in [0, 0.1) is 0 Å². The molecule has 0 aromatic heterocycles. The lowest BCUT2D eigenvalue weighted by atomic mass is 10.2. The van der Waals surface area contributed by atoms with Crippen LogP contribution < -0.4 is 10.6 Å². The van der Waals surface area contributed by atoms with Gasteiger partial charge in [0.25, 0.3) is 0 Å². The first kappa shape index (κ1) is 17.7. The number of urea groups is 1. The SMILES string of the molecule is CN1CCCC1CNC(=O)NC(CCS(C)(=O)=O)C(=O)O. The summed E-state index contributed by atoms with van der Waals surface area (Å²) in [6.45, 7) is 1.43. The molecule has 1 fully saturated rings. The maximum atomic E-state index is 11.7. The number of sulfone groups is 1. The molecule has 1 aliphatic rings. The highest BCUT2D eigenvalue weighted by Gasteiger charge is 2.24. The van der Waals surface area contributed by atoms with Gasteiger partial charge in [0.05, 0.1) is 5.75 Å².